The molecule has 2 heteroatoms. The number of aryl methyl sites for hydroxylation is 1. The Labute approximate surface area is 126 Å². The Morgan fingerprint density at radius 3 is 2.62 bits per heavy atom. The maximum atomic E-state index is 8.98. The van der Waals surface area contributed by atoms with Gasteiger partial charge in [-0.05, 0) is 42.7 Å². The van der Waals surface area contributed by atoms with E-state index in [1.54, 1.807) is 0 Å². The van der Waals surface area contributed by atoms with Crippen LogP contribution in [-0.4, -0.2) is 5.71 Å². The molecule has 0 amide bonds. The smallest absolute Gasteiger partial charge is 0.0992 e. The van der Waals surface area contributed by atoms with E-state index in [0.29, 0.717) is 5.56 Å². The van der Waals surface area contributed by atoms with Crippen molar-refractivity contribution in [2.24, 2.45) is 4.99 Å². The van der Waals surface area contributed by atoms with Crippen molar-refractivity contribution in [1.29, 1.82) is 5.26 Å². The SMILES string of the molecule is CCC(/C=C\c1ccccc1)=Nc1cc(C#N)ccc1C. The van der Waals surface area contributed by atoms with Crippen LogP contribution in [0, 0.1) is 18.3 Å². The number of aliphatic imine (C=N–C) groups is 1. The van der Waals surface area contributed by atoms with E-state index in [4.69, 9.17) is 5.26 Å². The van der Waals surface area contributed by atoms with Gasteiger partial charge in [0.15, 0.2) is 0 Å². The number of benzene rings is 2. The minimum Gasteiger partial charge on any atom is -0.253 e. The fraction of sp³-hybridized carbons (Fsp3) is 0.158. The predicted molar refractivity (Wildman–Crippen MR) is 88.8 cm³/mol. The third kappa shape index (κ3) is 4.15. The second kappa shape index (κ2) is 7.21. The molecule has 0 unspecified atom stereocenters. The van der Waals surface area contributed by atoms with Crippen LogP contribution in [0.5, 0.6) is 0 Å². The molecular formula is C19H18N2. The van der Waals surface area contributed by atoms with Crippen LogP contribution in [0.2, 0.25) is 0 Å². The Kier molecular flexibility index (Phi) is 5.06. The quantitative estimate of drug-likeness (QED) is 0.717. The number of nitrogens with zero attached hydrogens (tertiary/aromatic N) is 2. The zero-order valence-electron chi connectivity index (χ0n) is 12.4. The summed E-state index contributed by atoms with van der Waals surface area (Å²) in [7, 11) is 0. The Morgan fingerprint density at radius 2 is 1.95 bits per heavy atom. The van der Waals surface area contributed by atoms with Gasteiger partial charge >= 0.3 is 0 Å². The lowest BCUT2D eigenvalue weighted by Gasteiger charge is -2.03. The summed E-state index contributed by atoms with van der Waals surface area (Å²) < 4.78 is 0. The summed E-state index contributed by atoms with van der Waals surface area (Å²) in [6.07, 6.45) is 4.94. The van der Waals surface area contributed by atoms with Crippen molar-refractivity contribution < 1.29 is 0 Å². The lowest BCUT2D eigenvalue weighted by Crippen LogP contribution is -1.90. The first-order valence-corrected chi connectivity index (χ1v) is 7.04. The van der Waals surface area contributed by atoms with Gasteiger partial charge in [0.25, 0.3) is 0 Å². The molecule has 2 rings (SSSR count). The maximum Gasteiger partial charge on any atom is 0.0992 e. The molecule has 0 heterocycles. The van der Waals surface area contributed by atoms with E-state index in [9.17, 15) is 0 Å². The van der Waals surface area contributed by atoms with Crippen LogP contribution >= 0.6 is 0 Å². The van der Waals surface area contributed by atoms with Crippen molar-refractivity contribution in [3.8, 4) is 6.07 Å². The third-order valence-corrected chi connectivity index (χ3v) is 3.23. The third-order valence-electron chi connectivity index (χ3n) is 3.23. The first-order chi connectivity index (χ1) is 10.2. The van der Waals surface area contributed by atoms with Crippen LogP contribution in [0.3, 0.4) is 0 Å². The van der Waals surface area contributed by atoms with E-state index < -0.39 is 0 Å². The topological polar surface area (TPSA) is 36.1 Å². The fourth-order valence-corrected chi connectivity index (χ4v) is 1.94. The molecule has 0 aliphatic heterocycles. The van der Waals surface area contributed by atoms with Crippen molar-refractivity contribution in [1.82, 2.24) is 0 Å². The van der Waals surface area contributed by atoms with Crippen molar-refractivity contribution in [2.75, 3.05) is 0 Å². The van der Waals surface area contributed by atoms with Crippen LogP contribution in [0.15, 0.2) is 59.6 Å². The van der Waals surface area contributed by atoms with Crippen molar-refractivity contribution in [2.45, 2.75) is 20.3 Å². The van der Waals surface area contributed by atoms with Crippen molar-refractivity contribution >= 4 is 17.5 Å². The molecule has 2 aromatic carbocycles. The molecule has 104 valence electrons. The zero-order chi connectivity index (χ0) is 15.1. The van der Waals surface area contributed by atoms with Crippen LogP contribution in [-0.2, 0) is 0 Å². The molecule has 0 N–H and O–H groups in total. The van der Waals surface area contributed by atoms with E-state index >= 15 is 0 Å². The van der Waals surface area contributed by atoms with Crippen LogP contribution in [0.4, 0.5) is 5.69 Å². The summed E-state index contributed by atoms with van der Waals surface area (Å²) in [5.74, 6) is 0. The van der Waals surface area contributed by atoms with E-state index in [2.05, 4.69) is 36.2 Å². The fourth-order valence-electron chi connectivity index (χ4n) is 1.94. The van der Waals surface area contributed by atoms with Gasteiger partial charge in [0, 0.05) is 5.71 Å². The molecule has 0 saturated heterocycles. The van der Waals surface area contributed by atoms with Gasteiger partial charge in [0.1, 0.15) is 0 Å². The van der Waals surface area contributed by atoms with E-state index in [1.807, 2.05) is 49.4 Å². The molecule has 0 radical (unpaired) electrons. The molecular weight excluding hydrogens is 256 g/mol. The van der Waals surface area contributed by atoms with Gasteiger partial charge in [-0.1, -0.05) is 49.4 Å². The normalized spacial score (nSPS) is 11.6. The Balaban J connectivity index is 2.29. The molecule has 0 spiro atoms. The molecule has 2 aromatic rings. The van der Waals surface area contributed by atoms with Gasteiger partial charge in [-0.15, -0.1) is 0 Å². The average molecular weight is 274 g/mol. The molecule has 0 bridgehead atoms. The van der Waals surface area contributed by atoms with Crippen LogP contribution < -0.4 is 0 Å². The number of nitriles is 1. The van der Waals surface area contributed by atoms with Crippen molar-refractivity contribution in [3.63, 3.8) is 0 Å². The van der Waals surface area contributed by atoms with Gasteiger partial charge in [0.05, 0.1) is 17.3 Å². The molecule has 0 aliphatic carbocycles. The van der Waals surface area contributed by atoms with Crippen LogP contribution in [0.1, 0.15) is 30.0 Å². The zero-order valence-corrected chi connectivity index (χ0v) is 12.4. The average Bonchev–Trinajstić information content (AvgIpc) is 2.54. The monoisotopic (exact) mass is 274 g/mol. The summed E-state index contributed by atoms with van der Waals surface area (Å²) in [5, 5.41) is 8.98. The summed E-state index contributed by atoms with van der Waals surface area (Å²) in [4.78, 5) is 4.68. The van der Waals surface area contributed by atoms with E-state index in [1.165, 1.54) is 0 Å². The van der Waals surface area contributed by atoms with Gasteiger partial charge in [-0.3, -0.25) is 4.99 Å². The highest BCUT2D eigenvalue weighted by Gasteiger charge is 2.00. The van der Waals surface area contributed by atoms with Gasteiger partial charge in [-0.25, -0.2) is 0 Å². The Morgan fingerprint density at radius 1 is 1.19 bits per heavy atom. The molecule has 0 atom stereocenters. The summed E-state index contributed by atoms with van der Waals surface area (Å²) >= 11 is 0. The van der Waals surface area contributed by atoms with Gasteiger partial charge in [-0.2, -0.15) is 5.26 Å². The highest BCUT2D eigenvalue weighted by molar-refractivity contribution is 5.99. The number of rotatable bonds is 4. The Bertz CT molecular complexity index is 704. The lowest BCUT2D eigenvalue weighted by atomic mass is 10.1. The van der Waals surface area contributed by atoms with Gasteiger partial charge in [0.2, 0.25) is 0 Å². The molecule has 2 nitrogen and oxygen atoms in total. The summed E-state index contributed by atoms with van der Waals surface area (Å²) in [6.45, 7) is 4.09. The first-order valence-electron chi connectivity index (χ1n) is 7.04. The Hall–Kier alpha value is -2.66. The summed E-state index contributed by atoms with van der Waals surface area (Å²) in [5.41, 5.74) is 4.73. The van der Waals surface area contributed by atoms with E-state index in [0.717, 1.165) is 28.9 Å². The lowest BCUT2D eigenvalue weighted by molar-refractivity contribution is 1.27. The molecule has 21 heavy (non-hydrogen) atoms. The summed E-state index contributed by atoms with van der Waals surface area (Å²) in [6, 6.07) is 17.9. The molecule has 0 fully saturated rings. The molecule has 0 saturated carbocycles. The second-order valence-electron chi connectivity index (χ2n) is 4.81. The van der Waals surface area contributed by atoms with E-state index in [-0.39, 0.29) is 0 Å². The largest absolute Gasteiger partial charge is 0.253 e. The molecule has 0 aromatic heterocycles. The maximum absolute atomic E-state index is 8.98. The van der Waals surface area contributed by atoms with Gasteiger partial charge < -0.3 is 0 Å². The molecule has 0 aliphatic rings. The minimum absolute atomic E-state index is 0.641. The number of hydrogen-bond donors (Lipinski definition) is 0. The highest BCUT2D eigenvalue weighted by Crippen LogP contribution is 2.21. The highest BCUT2D eigenvalue weighted by atomic mass is 14.7. The predicted octanol–water partition coefficient (Wildman–Crippen LogP) is 5.06. The second-order valence-corrected chi connectivity index (χ2v) is 4.81. The number of allylic oxidation sites excluding steroid dienone is 1. The minimum atomic E-state index is 0.641. The van der Waals surface area contributed by atoms with Crippen LogP contribution in [0.25, 0.3) is 6.08 Å². The number of hydrogen-bond acceptors (Lipinski definition) is 2. The van der Waals surface area contributed by atoms with Crippen molar-refractivity contribution in [3.05, 3.63) is 71.3 Å². The first kappa shape index (κ1) is 14.7. The standard InChI is InChI=1S/C19H18N2/c1-3-18(12-11-16-7-5-4-6-8-16)21-19-13-17(14-20)10-9-15(19)2/h4-13H,3H2,1-2H3/b12-11-,21-18?.